The second kappa shape index (κ2) is 6.81. The normalized spacial score (nSPS) is 24.5. The summed E-state index contributed by atoms with van der Waals surface area (Å²) >= 11 is 0. The number of carbonyl (C=O) groups is 2. The third-order valence-corrected chi connectivity index (χ3v) is 4.62. The summed E-state index contributed by atoms with van der Waals surface area (Å²) in [7, 11) is 0. The Hall–Kier alpha value is -2.37. The molecular formula is C17H20N3O3-. The average molecular weight is 314 g/mol. The second-order valence-corrected chi connectivity index (χ2v) is 5.98. The van der Waals surface area contributed by atoms with Crippen LogP contribution in [-0.4, -0.2) is 47.9 Å². The van der Waals surface area contributed by atoms with Gasteiger partial charge in [-0.2, -0.15) is 0 Å². The van der Waals surface area contributed by atoms with Gasteiger partial charge in [-0.25, -0.2) is 4.98 Å². The number of aromatic nitrogens is 1. The van der Waals surface area contributed by atoms with E-state index in [4.69, 9.17) is 0 Å². The van der Waals surface area contributed by atoms with E-state index in [0.29, 0.717) is 39.0 Å². The highest BCUT2D eigenvalue weighted by molar-refractivity contribution is 5.85. The molecule has 3 rings (SSSR count). The summed E-state index contributed by atoms with van der Waals surface area (Å²) in [6.07, 6.45) is 6.34. The maximum atomic E-state index is 12.7. The van der Waals surface area contributed by atoms with Gasteiger partial charge in [0.25, 0.3) is 0 Å². The van der Waals surface area contributed by atoms with E-state index in [2.05, 4.69) is 9.88 Å². The minimum absolute atomic E-state index is 0.0655. The van der Waals surface area contributed by atoms with Gasteiger partial charge in [0, 0.05) is 50.2 Å². The Balaban J connectivity index is 1.62. The van der Waals surface area contributed by atoms with Crippen LogP contribution in [0.2, 0.25) is 0 Å². The third kappa shape index (κ3) is 3.36. The van der Waals surface area contributed by atoms with Gasteiger partial charge in [-0.3, -0.25) is 4.79 Å². The molecule has 0 aromatic carbocycles. The van der Waals surface area contributed by atoms with Gasteiger partial charge in [0.2, 0.25) is 5.91 Å². The lowest BCUT2D eigenvalue weighted by molar-refractivity contribution is -0.313. The molecule has 1 amide bonds. The molecule has 23 heavy (non-hydrogen) atoms. The van der Waals surface area contributed by atoms with Gasteiger partial charge in [-0.1, -0.05) is 18.2 Å². The molecule has 2 atom stereocenters. The molecule has 0 bridgehead atoms. The van der Waals surface area contributed by atoms with Gasteiger partial charge < -0.3 is 19.7 Å². The summed E-state index contributed by atoms with van der Waals surface area (Å²) in [4.78, 5) is 32.2. The van der Waals surface area contributed by atoms with Gasteiger partial charge in [0.05, 0.1) is 0 Å². The lowest BCUT2D eigenvalue weighted by Crippen LogP contribution is -2.53. The van der Waals surface area contributed by atoms with Crippen LogP contribution in [0.5, 0.6) is 0 Å². The predicted octanol–water partition coefficient (Wildman–Crippen LogP) is 0.0625. The molecule has 1 aromatic heterocycles. The first-order chi connectivity index (χ1) is 11.2. The van der Waals surface area contributed by atoms with E-state index in [-0.39, 0.29) is 5.91 Å². The largest absolute Gasteiger partial charge is 0.550 e. The minimum Gasteiger partial charge on any atom is -0.550 e. The van der Waals surface area contributed by atoms with Crippen LogP contribution in [0.1, 0.15) is 12.8 Å². The predicted molar refractivity (Wildman–Crippen MR) is 83.4 cm³/mol. The maximum absolute atomic E-state index is 12.7. The number of carboxylic acid groups (broad SMARTS) is 1. The minimum atomic E-state index is -1.13. The number of rotatable bonds is 3. The number of piperazine rings is 1. The number of amides is 1. The number of carboxylic acids is 1. The molecule has 2 heterocycles. The zero-order chi connectivity index (χ0) is 16.2. The molecule has 6 nitrogen and oxygen atoms in total. The number of hydrogen-bond donors (Lipinski definition) is 0. The van der Waals surface area contributed by atoms with Gasteiger partial charge in [0.1, 0.15) is 5.82 Å². The first-order valence-corrected chi connectivity index (χ1v) is 7.97. The SMILES string of the molecule is O=C([O-])C1CC=CCC1C(=O)N1CCN(c2ccccn2)CC1. The Labute approximate surface area is 135 Å². The van der Waals surface area contributed by atoms with E-state index in [1.165, 1.54) is 0 Å². The second-order valence-electron chi connectivity index (χ2n) is 5.98. The summed E-state index contributed by atoms with van der Waals surface area (Å²) in [6, 6.07) is 5.77. The quantitative estimate of drug-likeness (QED) is 0.738. The van der Waals surface area contributed by atoms with Crippen LogP contribution in [0, 0.1) is 11.8 Å². The summed E-state index contributed by atoms with van der Waals surface area (Å²) < 4.78 is 0. The summed E-state index contributed by atoms with van der Waals surface area (Å²) in [5.74, 6) is -1.48. The van der Waals surface area contributed by atoms with Crippen LogP contribution in [0.4, 0.5) is 5.82 Å². The molecule has 2 aliphatic rings. The highest BCUT2D eigenvalue weighted by atomic mass is 16.4. The smallest absolute Gasteiger partial charge is 0.226 e. The molecule has 6 heteroatoms. The van der Waals surface area contributed by atoms with Crippen molar-refractivity contribution >= 4 is 17.7 Å². The van der Waals surface area contributed by atoms with E-state index in [1.54, 1.807) is 11.1 Å². The molecule has 1 saturated heterocycles. The zero-order valence-electron chi connectivity index (χ0n) is 12.9. The van der Waals surface area contributed by atoms with Crippen LogP contribution in [0.25, 0.3) is 0 Å². The molecule has 1 aromatic rings. The van der Waals surface area contributed by atoms with Crippen molar-refractivity contribution in [3.63, 3.8) is 0 Å². The number of nitrogens with zero attached hydrogens (tertiary/aromatic N) is 3. The van der Waals surface area contributed by atoms with Gasteiger partial charge in [-0.15, -0.1) is 0 Å². The average Bonchev–Trinajstić information content (AvgIpc) is 2.62. The first-order valence-electron chi connectivity index (χ1n) is 7.97. The summed E-state index contributed by atoms with van der Waals surface area (Å²) in [6.45, 7) is 2.60. The Kier molecular flexibility index (Phi) is 4.60. The van der Waals surface area contributed by atoms with Crippen LogP contribution in [0.15, 0.2) is 36.5 Å². The van der Waals surface area contributed by atoms with Crippen molar-refractivity contribution in [2.45, 2.75) is 12.8 Å². The number of pyridine rings is 1. The van der Waals surface area contributed by atoms with Crippen molar-refractivity contribution in [1.82, 2.24) is 9.88 Å². The molecule has 0 spiro atoms. The van der Waals surface area contributed by atoms with E-state index in [0.717, 1.165) is 5.82 Å². The Morgan fingerprint density at radius 3 is 2.35 bits per heavy atom. The van der Waals surface area contributed by atoms with Crippen LogP contribution in [0.3, 0.4) is 0 Å². The lowest BCUT2D eigenvalue weighted by Gasteiger charge is -2.39. The Morgan fingerprint density at radius 1 is 1.04 bits per heavy atom. The first kappa shape index (κ1) is 15.5. The van der Waals surface area contributed by atoms with Crippen LogP contribution >= 0.6 is 0 Å². The molecule has 1 aliphatic carbocycles. The number of aliphatic carboxylic acids is 1. The molecule has 1 aliphatic heterocycles. The number of anilines is 1. The van der Waals surface area contributed by atoms with E-state index >= 15 is 0 Å². The standard InChI is InChI=1S/C17H21N3O3/c21-16(13-5-1-2-6-14(13)17(22)23)20-11-9-19(10-12-20)15-7-3-4-8-18-15/h1-4,7-8,13-14H,5-6,9-12H2,(H,22,23)/p-1. The molecule has 1 fully saturated rings. The third-order valence-electron chi connectivity index (χ3n) is 4.62. The van der Waals surface area contributed by atoms with Gasteiger partial charge in [-0.05, 0) is 25.0 Å². The Morgan fingerprint density at radius 2 is 1.74 bits per heavy atom. The van der Waals surface area contributed by atoms with E-state index in [9.17, 15) is 14.7 Å². The fourth-order valence-corrected chi connectivity index (χ4v) is 3.28. The molecule has 0 radical (unpaired) electrons. The molecule has 0 N–H and O–H groups in total. The van der Waals surface area contributed by atoms with E-state index in [1.807, 2.05) is 30.4 Å². The monoisotopic (exact) mass is 314 g/mol. The van der Waals surface area contributed by atoms with E-state index < -0.39 is 17.8 Å². The topological polar surface area (TPSA) is 76.6 Å². The highest BCUT2D eigenvalue weighted by Crippen LogP contribution is 2.27. The summed E-state index contributed by atoms with van der Waals surface area (Å²) in [5.41, 5.74) is 0. The lowest BCUT2D eigenvalue weighted by atomic mass is 9.82. The molecule has 0 saturated carbocycles. The van der Waals surface area contributed by atoms with Crippen molar-refractivity contribution in [2.24, 2.45) is 11.8 Å². The van der Waals surface area contributed by atoms with Crippen molar-refractivity contribution < 1.29 is 14.7 Å². The van der Waals surface area contributed by atoms with Gasteiger partial charge >= 0.3 is 0 Å². The van der Waals surface area contributed by atoms with Crippen molar-refractivity contribution in [3.05, 3.63) is 36.5 Å². The van der Waals surface area contributed by atoms with Crippen molar-refractivity contribution in [3.8, 4) is 0 Å². The Bertz CT molecular complexity index is 594. The molecule has 2 unspecified atom stereocenters. The van der Waals surface area contributed by atoms with Crippen molar-refractivity contribution in [2.75, 3.05) is 31.1 Å². The van der Waals surface area contributed by atoms with Crippen LogP contribution in [-0.2, 0) is 9.59 Å². The number of carbonyl (C=O) groups excluding carboxylic acids is 2. The zero-order valence-corrected chi connectivity index (χ0v) is 12.9. The maximum Gasteiger partial charge on any atom is 0.226 e. The number of hydrogen-bond acceptors (Lipinski definition) is 5. The summed E-state index contributed by atoms with van der Waals surface area (Å²) in [5, 5.41) is 11.3. The van der Waals surface area contributed by atoms with Crippen molar-refractivity contribution in [1.29, 1.82) is 0 Å². The fraction of sp³-hybridized carbons (Fsp3) is 0.471. The molecular weight excluding hydrogens is 294 g/mol. The van der Waals surface area contributed by atoms with Crippen LogP contribution < -0.4 is 10.0 Å². The molecule has 122 valence electrons. The highest BCUT2D eigenvalue weighted by Gasteiger charge is 2.34. The fourth-order valence-electron chi connectivity index (χ4n) is 3.28. The van der Waals surface area contributed by atoms with Gasteiger partial charge in [0.15, 0.2) is 0 Å². The number of allylic oxidation sites excluding steroid dienone is 2.